The maximum atomic E-state index is 3.72. The number of hydrogen-bond acceptors (Lipinski definition) is 2. The summed E-state index contributed by atoms with van der Waals surface area (Å²) < 4.78 is 0. The second-order valence-corrected chi connectivity index (χ2v) is 35.7. The highest BCUT2D eigenvalue weighted by molar-refractivity contribution is 5.17. The van der Waals surface area contributed by atoms with Crippen LogP contribution in [0.25, 0.3) is 0 Å². The zero-order valence-electron chi connectivity index (χ0n) is 58.5. The van der Waals surface area contributed by atoms with Crippen LogP contribution in [0.2, 0.25) is 0 Å². The van der Waals surface area contributed by atoms with Gasteiger partial charge in [0.05, 0.1) is 0 Å². The lowest BCUT2D eigenvalue weighted by atomic mass is 9.38. The molecule has 12 aliphatic rings. The van der Waals surface area contributed by atoms with Crippen LogP contribution < -0.4 is 0 Å². The fraction of sp³-hybridized carbons (Fsp3) is 0.952. The van der Waals surface area contributed by atoms with Crippen molar-refractivity contribution in [1.82, 2.24) is 9.80 Å². The topological polar surface area (TPSA) is 6.48 Å². The van der Waals surface area contributed by atoms with Crippen molar-refractivity contribution in [3.05, 3.63) is 24.3 Å². The lowest BCUT2D eigenvalue weighted by Gasteiger charge is -2.71. The largest absolute Gasteiger partial charge is 0.294 e. The molecule has 2 nitrogen and oxygen atoms in total. The van der Waals surface area contributed by atoms with Crippen molar-refractivity contribution in [1.29, 1.82) is 0 Å². The van der Waals surface area contributed by atoms with Crippen LogP contribution in [0.3, 0.4) is 0 Å². The Hall–Kier alpha value is -0.600. The number of hydrogen-bond donors (Lipinski definition) is 0. The van der Waals surface area contributed by atoms with E-state index in [9.17, 15) is 0 Å². The highest BCUT2D eigenvalue weighted by atomic mass is 15.3. The Labute approximate surface area is 535 Å². The summed E-state index contributed by atoms with van der Waals surface area (Å²) >= 11 is 0. The molecule has 16 unspecified atom stereocenters. The molecule has 0 spiro atoms. The first-order chi connectivity index (χ1) is 42.1. The second-order valence-electron chi connectivity index (χ2n) is 35.7. The summed E-state index contributed by atoms with van der Waals surface area (Å²) in [6.07, 6.45) is 77.4. The van der Waals surface area contributed by atoms with Gasteiger partial charge in [-0.25, -0.2) is 0 Å². The number of rotatable bonds is 22. The van der Waals surface area contributed by atoms with Crippen molar-refractivity contribution in [2.45, 2.75) is 374 Å². The highest BCUT2D eigenvalue weighted by Gasteiger charge is 2.66. The third-order valence-electron chi connectivity index (χ3n) is 30.3. The molecule has 0 N–H and O–H groups in total. The normalized spacial score (nSPS) is 47.4. The fourth-order valence-electron chi connectivity index (χ4n) is 26.7. The van der Waals surface area contributed by atoms with Gasteiger partial charge in [0, 0.05) is 36.3 Å². The van der Waals surface area contributed by atoms with Gasteiger partial charge in [-0.05, 0) is 310 Å². The average molecular weight is 1180 g/mol. The standard InChI is InChI=1S/C84H144N2/c1-9-13-21-65-53-59(7)54-66(22-14-10-2)82(65)85(69-47-43-63(44-48-69)41-39-61-35-31-57(5)32-36-61)78-52-51-76-79-71(27-19-29-75(78)79)72-28-20-30-77-81(72)80(76)73-25-17-18-26-74(73)84(77)86(83-67(23-15-11-3)55-60(8)56-68(83)24-16-12-4)70-49-45-64(46-50-70)42-40-62-37-33-58(6)34-38-62/h39-42,57-84H,9-38,43-56H2,1-8H3/b41-39+,42-40+. The molecule has 0 heterocycles. The maximum Gasteiger partial charge on any atom is 0.0163 e. The Bertz CT molecular complexity index is 2000. The van der Waals surface area contributed by atoms with Crippen LogP contribution >= 0.6 is 0 Å². The molecule has 490 valence electrons. The molecule has 12 saturated carbocycles. The number of fused-ring (bicyclic) bond motifs is 4. The van der Waals surface area contributed by atoms with Crippen molar-refractivity contribution in [2.24, 2.45) is 130 Å². The molecule has 86 heavy (non-hydrogen) atoms. The van der Waals surface area contributed by atoms with Crippen LogP contribution in [0, 0.1) is 130 Å². The van der Waals surface area contributed by atoms with Crippen molar-refractivity contribution >= 4 is 0 Å². The third-order valence-corrected chi connectivity index (χ3v) is 30.3. The molecular formula is C84H144N2. The van der Waals surface area contributed by atoms with Crippen LogP contribution in [0.1, 0.15) is 338 Å². The zero-order chi connectivity index (χ0) is 59.3. The molecule has 0 aromatic heterocycles. The van der Waals surface area contributed by atoms with Crippen LogP contribution in [0.15, 0.2) is 24.3 Å². The lowest BCUT2D eigenvalue weighted by molar-refractivity contribution is -0.221. The quantitative estimate of drug-likeness (QED) is 0.0997. The summed E-state index contributed by atoms with van der Waals surface area (Å²) in [5.74, 6) is 21.0. The van der Waals surface area contributed by atoms with E-state index >= 15 is 0 Å². The van der Waals surface area contributed by atoms with Crippen molar-refractivity contribution in [3.8, 4) is 0 Å². The van der Waals surface area contributed by atoms with Crippen LogP contribution in [0.5, 0.6) is 0 Å². The van der Waals surface area contributed by atoms with Gasteiger partial charge in [0.1, 0.15) is 0 Å². The first kappa shape index (κ1) is 65.5. The van der Waals surface area contributed by atoms with E-state index in [0.29, 0.717) is 0 Å². The minimum absolute atomic E-state index is 0.833. The SMILES string of the molecule is CCCCC1CC(C)CC(CCCC)C1N(C1CCC(/C=C/C2CCC(C)CC2)CC1)C1CCC2C3C(CCCC31)C1CCCC3C1C2C1CCCCC1C3N(C1CCC(/C=C/C2CCC(C)CC2)CC1)C1C(CCCC)CC(C)CC1CCCC. The predicted molar refractivity (Wildman–Crippen MR) is 370 cm³/mol. The molecule has 16 atom stereocenters. The third kappa shape index (κ3) is 14.5. The van der Waals surface area contributed by atoms with E-state index in [1.54, 1.807) is 77.0 Å². The first-order valence-corrected chi connectivity index (χ1v) is 41.1. The Morgan fingerprint density at radius 3 is 1.08 bits per heavy atom. The molecule has 0 radical (unpaired) electrons. The monoisotopic (exact) mass is 1180 g/mol. The van der Waals surface area contributed by atoms with E-state index in [2.05, 4.69) is 89.5 Å². The fourth-order valence-corrected chi connectivity index (χ4v) is 26.7. The van der Waals surface area contributed by atoms with Gasteiger partial charge in [0.25, 0.3) is 0 Å². The van der Waals surface area contributed by atoms with Crippen LogP contribution in [0.4, 0.5) is 0 Å². The Morgan fingerprint density at radius 1 is 0.279 bits per heavy atom. The predicted octanol–water partition coefficient (Wildman–Crippen LogP) is 24.0. The minimum atomic E-state index is 0.833. The lowest BCUT2D eigenvalue weighted by Crippen LogP contribution is -2.70. The van der Waals surface area contributed by atoms with E-state index in [4.69, 9.17) is 0 Å². The highest BCUT2D eigenvalue weighted by Crippen LogP contribution is 2.70. The second kappa shape index (κ2) is 31.1. The Morgan fingerprint density at radius 2 is 0.628 bits per heavy atom. The van der Waals surface area contributed by atoms with Crippen LogP contribution in [-0.2, 0) is 0 Å². The first-order valence-electron chi connectivity index (χ1n) is 41.1. The molecule has 0 aromatic carbocycles. The van der Waals surface area contributed by atoms with Crippen LogP contribution in [-0.4, -0.2) is 46.1 Å². The summed E-state index contributed by atoms with van der Waals surface area (Å²) in [7, 11) is 0. The molecule has 0 saturated heterocycles. The molecule has 0 amide bonds. The molecule has 0 aliphatic heterocycles. The van der Waals surface area contributed by atoms with E-state index in [1.807, 2.05) is 0 Å². The Kier molecular flexibility index (Phi) is 23.7. The summed E-state index contributed by atoms with van der Waals surface area (Å²) in [5, 5.41) is 0. The van der Waals surface area contributed by atoms with E-state index in [0.717, 1.165) is 166 Å². The summed E-state index contributed by atoms with van der Waals surface area (Å²) in [6, 6.07) is 5.11. The van der Waals surface area contributed by atoms with Gasteiger partial charge in [-0.2, -0.15) is 0 Å². The smallest absolute Gasteiger partial charge is 0.0163 e. The molecule has 12 fully saturated rings. The summed E-state index contributed by atoms with van der Waals surface area (Å²) in [5.41, 5.74) is 0. The van der Waals surface area contributed by atoms with Gasteiger partial charge in [0.15, 0.2) is 0 Å². The molecular weight excluding hydrogens is 1040 g/mol. The maximum absolute atomic E-state index is 3.72. The van der Waals surface area contributed by atoms with Gasteiger partial charge in [-0.3, -0.25) is 9.80 Å². The van der Waals surface area contributed by atoms with Crippen molar-refractivity contribution in [2.75, 3.05) is 0 Å². The molecule has 12 aliphatic carbocycles. The number of unbranched alkanes of at least 4 members (excludes halogenated alkanes) is 4. The number of allylic oxidation sites excluding steroid dienone is 4. The van der Waals surface area contributed by atoms with E-state index in [1.165, 1.54) is 205 Å². The van der Waals surface area contributed by atoms with E-state index in [-0.39, 0.29) is 0 Å². The van der Waals surface area contributed by atoms with Gasteiger partial charge in [-0.1, -0.05) is 182 Å². The number of nitrogens with zero attached hydrogens (tertiary/aromatic N) is 2. The van der Waals surface area contributed by atoms with Gasteiger partial charge < -0.3 is 0 Å². The zero-order valence-corrected chi connectivity index (χ0v) is 58.5. The average Bonchev–Trinajstić information content (AvgIpc) is 1.58. The minimum Gasteiger partial charge on any atom is -0.294 e. The van der Waals surface area contributed by atoms with Gasteiger partial charge in [-0.15, -0.1) is 0 Å². The Balaban J connectivity index is 0.874. The van der Waals surface area contributed by atoms with E-state index < -0.39 is 0 Å². The van der Waals surface area contributed by atoms with Gasteiger partial charge >= 0.3 is 0 Å². The van der Waals surface area contributed by atoms with Gasteiger partial charge in [0.2, 0.25) is 0 Å². The molecule has 0 aromatic rings. The molecule has 2 heteroatoms. The van der Waals surface area contributed by atoms with Crippen molar-refractivity contribution < 1.29 is 0 Å². The summed E-state index contributed by atoms with van der Waals surface area (Å²) in [6.45, 7) is 20.5. The molecule has 0 bridgehead atoms. The molecule has 12 rings (SSSR count). The summed E-state index contributed by atoms with van der Waals surface area (Å²) in [4.78, 5) is 7.36. The van der Waals surface area contributed by atoms with Crippen molar-refractivity contribution in [3.63, 3.8) is 0 Å².